The second-order valence-corrected chi connectivity index (χ2v) is 2.44. The summed E-state index contributed by atoms with van der Waals surface area (Å²) in [6, 6.07) is 0. The molecule has 0 aliphatic carbocycles. The molecule has 0 saturated heterocycles. The first-order valence-electron chi connectivity index (χ1n) is 3.29. The van der Waals surface area contributed by atoms with Crippen molar-refractivity contribution < 1.29 is 5.11 Å². The molecule has 0 aromatic carbocycles. The van der Waals surface area contributed by atoms with Crippen molar-refractivity contribution in [2.24, 2.45) is 11.8 Å². The molecule has 0 radical (unpaired) electrons. The second kappa shape index (κ2) is 4.40. The molecule has 0 rings (SSSR count). The lowest BCUT2D eigenvalue weighted by molar-refractivity contribution is 0.249. The number of hydrogen-bond acceptors (Lipinski definition) is 1. The first-order chi connectivity index (χ1) is 4.22. The zero-order valence-electron chi connectivity index (χ0n) is 6.09. The number of terminal acetylenes is 1. The third kappa shape index (κ3) is 3.16. The van der Waals surface area contributed by atoms with Crippen molar-refractivity contribution in [2.75, 3.05) is 6.61 Å². The number of hydrogen-bond donors (Lipinski definition) is 1. The molecule has 9 heavy (non-hydrogen) atoms. The fourth-order valence-corrected chi connectivity index (χ4v) is 0.618. The van der Waals surface area contributed by atoms with Gasteiger partial charge in [-0.15, -0.1) is 12.3 Å². The van der Waals surface area contributed by atoms with Crippen LogP contribution in [0.4, 0.5) is 0 Å². The van der Waals surface area contributed by atoms with Gasteiger partial charge in [0.25, 0.3) is 0 Å². The lowest BCUT2D eigenvalue weighted by atomic mass is 9.94. The van der Waals surface area contributed by atoms with Crippen molar-refractivity contribution in [1.29, 1.82) is 0 Å². The van der Waals surface area contributed by atoms with E-state index in [4.69, 9.17) is 11.5 Å². The first kappa shape index (κ1) is 8.52. The summed E-state index contributed by atoms with van der Waals surface area (Å²) in [6.45, 7) is 4.30. The van der Waals surface area contributed by atoms with Gasteiger partial charge in [-0.2, -0.15) is 0 Å². The van der Waals surface area contributed by atoms with Gasteiger partial charge in [0, 0.05) is 12.5 Å². The average molecular weight is 126 g/mol. The lowest BCUT2D eigenvalue weighted by Crippen LogP contribution is -2.06. The van der Waals surface area contributed by atoms with Crippen LogP contribution < -0.4 is 0 Å². The van der Waals surface area contributed by atoms with Crippen molar-refractivity contribution in [3.63, 3.8) is 0 Å². The summed E-state index contributed by atoms with van der Waals surface area (Å²) in [5, 5.41) is 8.51. The predicted molar refractivity (Wildman–Crippen MR) is 38.9 cm³/mol. The van der Waals surface area contributed by atoms with Crippen LogP contribution >= 0.6 is 0 Å². The van der Waals surface area contributed by atoms with Gasteiger partial charge in [0.1, 0.15) is 0 Å². The van der Waals surface area contributed by atoms with Crippen LogP contribution in [0.3, 0.4) is 0 Å². The molecule has 0 heterocycles. The van der Waals surface area contributed by atoms with Crippen molar-refractivity contribution >= 4 is 0 Å². The SMILES string of the molecule is C#CC(C)C(C)CCO. The Morgan fingerprint density at radius 2 is 2.11 bits per heavy atom. The Bertz CT molecular complexity index is 102. The largest absolute Gasteiger partial charge is 0.396 e. The van der Waals surface area contributed by atoms with E-state index in [-0.39, 0.29) is 12.5 Å². The summed E-state index contributed by atoms with van der Waals surface area (Å²) < 4.78 is 0. The van der Waals surface area contributed by atoms with Crippen LogP contribution in [0, 0.1) is 24.2 Å². The molecule has 0 fully saturated rings. The zero-order valence-corrected chi connectivity index (χ0v) is 6.09. The van der Waals surface area contributed by atoms with E-state index in [0.29, 0.717) is 5.92 Å². The maximum atomic E-state index is 8.51. The molecule has 1 nitrogen and oxygen atoms in total. The number of aliphatic hydroxyl groups is 1. The first-order valence-corrected chi connectivity index (χ1v) is 3.29. The van der Waals surface area contributed by atoms with Crippen molar-refractivity contribution in [1.82, 2.24) is 0 Å². The zero-order chi connectivity index (χ0) is 7.28. The van der Waals surface area contributed by atoms with E-state index in [1.165, 1.54) is 0 Å². The van der Waals surface area contributed by atoms with Crippen LogP contribution in [0.5, 0.6) is 0 Å². The van der Waals surface area contributed by atoms with E-state index in [9.17, 15) is 0 Å². The fourth-order valence-electron chi connectivity index (χ4n) is 0.618. The summed E-state index contributed by atoms with van der Waals surface area (Å²) in [7, 11) is 0. The Morgan fingerprint density at radius 3 is 2.44 bits per heavy atom. The monoisotopic (exact) mass is 126 g/mol. The fraction of sp³-hybridized carbons (Fsp3) is 0.750. The van der Waals surface area contributed by atoms with Gasteiger partial charge in [-0.05, 0) is 12.3 Å². The van der Waals surface area contributed by atoms with Gasteiger partial charge >= 0.3 is 0 Å². The van der Waals surface area contributed by atoms with Gasteiger partial charge < -0.3 is 5.11 Å². The standard InChI is InChI=1S/C8H14O/c1-4-7(2)8(3)5-6-9/h1,7-9H,5-6H2,2-3H3. The quantitative estimate of drug-likeness (QED) is 0.565. The molecule has 0 saturated carbocycles. The van der Waals surface area contributed by atoms with E-state index in [2.05, 4.69) is 12.8 Å². The third-order valence-corrected chi connectivity index (χ3v) is 1.70. The van der Waals surface area contributed by atoms with Crippen LogP contribution in [-0.2, 0) is 0 Å². The molecule has 0 aliphatic rings. The highest BCUT2D eigenvalue weighted by atomic mass is 16.3. The molecule has 0 aromatic rings. The van der Waals surface area contributed by atoms with Crippen LogP contribution in [0.1, 0.15) is 20.3 Å². The molecule has 2 atom stereocenters. The maximum Gasteiger partial charge on any atom is 0.0434 e. The highest BCUT2D eigenvalue weighted by molar-refractivity contribution is 4.92. The Hall–Kier alpha value is -0.480. The molecular weight excluding hydrogens is 112 g/mol. The predicted octanol–water partition coefficient (Wildman–Crippen LogP) is 1.27. The normalized spacial score (nSPS) is 16.2. The molecule has 1 N–H and O–H groups in total. The van der Waals surface area contributed by atoms with E-state index in [1.807, 2.05) is 6.92 Å². The molecule has 0 aromatic heterocycles. The van der Waals surface area contributed by atoms with Crippen LogP contribution in [0.25, 0.3) is 0 Å². The minimum atomic E-state index is 0.243. The van der Waals surface area contributed by atoms with E-state index >= 15 is 0 Å². The Kier molecular flexibility index (Phi) is 4.17. The van der Waals surface area contributed by atoms with Gasteiger partial charge in [-0.25, -0.2) is 0 Å². The van der Waals surface area contributed by atoms with Gasteiger partial charge in [0.15, 0.2) is 0 Å². The highest BCUT2D eigenvalue weighted by Gasteiger charge is 2.06. The summed E-state index contributed by atoms with van der Waals surface area (Å²) in [5.74, 6) is 3.37. The van der Waals surface area contributed by atoms with Crippen LogP contribution in [0.15, 0.2) is 0 Å². The van der Waals surface area contributed by atoms with Crippen molar-refractivity contribution in [3.05, 3.63) is 0 Å². The smallest absolute Gasteiger partial charge is 0.0434 e. The van der Waals surface area contributed by atoms with Gasteiger partial charge in [-0.3, -0.25) is 0 Å². The molecule has 0 spiro atoms. The van der Waals surface area contributed by atoms with Crippen LogP contribution in [-0.4, -0.2) is 11.7 Å². The molecule has 0 bridgehead atoms. The molecular formula is C8H14O. The van der Waals surface area contributed by atoms with Crippen molar-refractivity contribution in [2.45, 2.75) is 20.3 Å². The topological polar surface area (TPSA) is 20.2 Å². The van der Waals surface area contributed by atoms with Crippen molar-refractivity contribution in [3.8, 4) is 12.3 Å². The number of aliphatic hydroxyl groups excluding tert-OH is 1. The summed E-state index contributed by atoms with van der Waals surface area (Å²) >= 11 is 0. The van der Waals surface area contributed by atoms with E-state index < -0.39 is 0 Å². The highest BCUT2D eigenvalue weighted by Crippen LogP contribution is 2.12. The molecule has 0 aliphatic heterocycles. The maximum absolute atomic E-state index is 8.51. The molecule has 2 unspecified atom stereocenters. The summed E-state index contributed by atoms with van der Waals surface area (Å²) in [5.41, 5.74) is 0. The van der Waals surface area contributed by atoms with Gasteiger partial charge in [0.05, 0.1) is 0 Å². The van der Waals surface area contributed by atoms with E-state index in [0.717, 1.165) is 6.42 Å². The Morgan fingerprint density at radius 1 is 1.56 bits per heavy atom. The van der Waals surface area contributed by atoms with Crippen LogP contribution in [0.2, 0.25) is 0 Å². The Labute approximate surface area is 57.1 Å². The average Bonchev–Trinajstić information content (AvgIpc) is 1.87. The Balaban J connectivity index is 3.48. The molecule has 0 amide bonds. The lowest BCUT2D eigenvalue weighted by Gasteiger charge is -2.11. The minimum absolute atomic E-state index is 0.243. The van der Waals surface area contributed by atoms with Gasteiger partial charge in [-0.1, -0.05) is 13.8 Å². The van der Waals surface area contributed by atoms with Gasteiger partial charge in [0.2, 0.25) is 0 Å². The summed E-state index contributed by atoms with van der Waals surface area (Å²) in [4.78, 5) is 0. The minimum Gasteiger partial charge on any atom is -0.396 e. The second-order valence-electron chi connectivity index (χ2n) is 2.44. The molecule has 1 heteroatoms. The number of rotatable bonds is 3. The molecule has 52 valence electrons. The van der Waals surface area contributed by atoms with E-state index in [1.54, 1.807) is 0 Å². The third-order valence-electron chi connectivity index (χ3n) is 1.70. The summed E-state index contributed by atoms with van der Waals surface area (Å²) in [6.07, 6.45) is 5.98.